The molecule has 6 nitrogen and oxygen atoms in total. The fourth-order valence-corrected chi connectivity index (χ4v) is 2.76. The van der Waals surface area contributed by atoms with Gasteiger partial charge in [-0.25, -0.2) is 9.98 Å². The van der Waals surface area contributed by atoms with E-state index >= 15 is 0 Å². The molecule has 0 amide bonds. The van der Waals surface area contributed by atoms with Gasteiger partial charge in [0.25, 0.3) is 0 Å². The third-order valence-electron chi connectivity index (χ3n) is 3.14. The van der Waals surface area contributed by atoms with Crippen molar-refractivity contribution in [2.75, 3.05) is 39.4 Å². The van der Waals surface area contributed by atoms with Crippen LogP contribution in [0.5, 0.6) is 0 Å². The van der Waals surface area contributed by atoms with E-state index in [4.69, 9.17) is 10.5 Å². The third-order valence-corrected chi connectivity index (χ3v) is 4.03. The molecule has 1 aliphatic rings. The average Bonchev–Trinajstić information content (AvgIpc) is 2.88. The number of aryl methyl sites for hydroxylation is 1. The van der Waals surface area contributed by atoms with E-state index in [1.165, 1.54) is 0 Å². The number of halogens is 1. The average molecular weight is 425 g/mol. The van der Waals surface area contributed by atoms with E-state index in [0.29, 0.717) is 12.5 Å². The van der Waals surface area contributed by atoms with Crippen LogP contribution in [0.15, 0.2) is 11.2 Å². The van der Waals surface area contributed by atoms with Gasteiger partial charge in [0.05, 0.1) is 24.8 Å². The number of rotatable bonds is 6. The van der Waals surface area contributed by atoms with Gasteiger partial charge in [-0.05, 0) is 19.9 Å². The van der Waals surface area contributed by atoms with Gasteiger partial charge in [0, 0.05) is 30.7 Å². The Balaban J connectivity index is 0.00000220. The van der Waals surface area contributed by atoms with Crippen molar-refractivity contribution in [1.82, 2.24) is 15.2 Å². The highest BCUT2D eigenvalue weighted by Crippen LogP contribution is 2.11. The number of hydrogen-bond donors (Lipinski definition) is 2. The maximum atomic E-state index is 5.84. The van der Waals surface area contributed by atoms with Crippen LogP contribution in [-0.2, 0) is 11.3 Å². The summed E-state index contributed by atoms with van der Waals surface area (Å²) >= 11 is 1.66. The molecule has 0 unspecified atom stereocenters. The fraction of sp³-hybridized carbons (Fsp3) is 0.692. The summed E-state index contributed by atoms with van der Waals surface area (Å²) in [7, 11) is 0. The Morgan fingerprint density at radius 1 is 1.52 bits per heavy atom. The van der Waals surface area contributed by atoms with Crippen molar-refractivity contribution in [3.05, 3.63) is 16.1 Å². The molecule has 1 aromatic rings. The van der Waals surface area contributed by atoms with Crippen molar-refractivity contribution >= 4 is 41.3 Å². The van der Waals surface area contributed by atoms with Crippen LogP contribution in [-0.4, -0.2) is 55.2 Å². The van der Waals surface area contributed by atoms with E-state index in [1.807, 2.05) is 13.1 Å². The minimum absolute atomic E-state index is 0. The summed E-state index contributed by atoms with van der Waals surface area (Å²) in [6, 6.07) is 0. The SMILES string of the molecule is Cc1ncc(CN=C(N)NCCCN2CCOCC2)s1.I. The lowest BCUT2D eigenvalue weighted by molar-refractivity contribution is 0.0376. The largest absolute Gasteiger partial charge is 0.379 e. The lowest BCUT2D eigenvalue weighted by Gasteiger charge is -2.26. The third kappa shape index (κ3) is 7.39. The second kappa shape index (κ2) is 10.3. The molecule has 8 heteroatoms. The predicted octanol–water partition coefficient (Wildman–Crippen LogP) is 1.20. The molecule has 2 heterocycles. The molecular formula is C13H24IN5OS. The van der Waals surface area contributed by atoms with Gasteiger partial charge < -0.3 is 15.8 Å². The smallest absolute Gasteiger partial charge is 0.188 e. The van der Waals surface area contributed by atoms with Gasteiger partial charge in [0.15, 0.2) is 5.96 Å². The summed E-state index contributed by atoms with van der Waals surface area (Å²) in [6.45, 7) is 8.31. The molecule has 1 saturated heterocycles. The summed E-state index contributed by atoms with van der Waals surface area (Å²) < 4.78 is 5.32. The van der Waals surface area contributed by atoms with Crippen molar-refractivity contribution in [1.29, 1.82) is 0 Å². The molecule has 1 aliphatic heterocycles. The lowest BCUT2D eigenvalue weighted by atomic mass is 10.3. The van der Waals surface area contributed by atoms with Crippen molar-refractivity contribution in [3.63, 3.8) is 0 Å². The summed E-state index contributed by atoms with van der Waals surface area (Å²) in [5, 5.41) is 4.22. The first-order valence-corrected chi connectivity index (χ1v) is 7.81. The normalized spacial score (nSPS) is 16.5. The zero-order chi connectivity index (χ0) is 14.2. The first kappa shape index (κ1) is 18.6. The summed E-state index contributed by atoms with van der Waals surface area (Å²) in [4.78, 5) is 12.1. The number of ether oxygens (including phenoxy) is 1. The number of nitrogens with one attached hydrogen (secondary N) is 1. The molecule has 0 radical (unpaired) electrons. The number of aliphatic imine (C=N–C) groups is 1. The Morgan fingerprint density at radius 2 is 2.29 bits per heavy atom. The molecule has 0 aromatic carbocycles. The minimum atomic E-state index is 0. The molecular weight excluding hydrogens is 401 g/mol. The van der Waals surface area contributed by atoms with Gasteiger partial charge in [0.2, 0.25) is 0 Å². The monoisotopic (exact) mass is 425 g/mol. The zero-order valence-electron chi connectivity index (χ0n) is 12.4. The molecule has 21 heavy (non-hydrogen) atoms. The van der Waals surface area contributed by atoms with E-state index in [2.05, 4.69) is 20.2 Å². The number of nitrogens with two attached hydrogens (primary N) is 1. The van der Waals surface area contributed by atoms with E-state index in [-0.39, 0.29) is 24.0 Å². The minimum Gasteiger partial charge on any atom is -0.379 e. The molecule has 0 atom stereocenters. The van der Waals surface area contributed by atoms with Gasteiger partial charge >= 0.3 is 0 Å². The lowest BCUT2D eigenvalue weighted by Crippen LogP contribution is -2.39. The van der Waals surface area contributed by atoms with E-state index in [1.54, 1.807) is 11.3 Å². The number of aromatic nitrogens is 1. The van der Waals surface area contributed by atoms with Crippen LogP contribution < -0.4 is 11.1 Å². The second-order valence-electron chi connectivity index (χ2n) is 4.78. The summed E-state index contributed by atoms with van der Waals surface area (Å²) in [5.41, 5.74) is 5.84. The Bertz CT molecular complexity index is 434. The summed E-state index contributed by atoms with van der Waals surface area (Å²) in [5.74, 6) is 0.512. The number of hydrogen-bond acceptors (Lipinski definition) is 5. The van der Waals surface area contributed by atoms with E-state index in [9.17, 15) is 0 Å². The van der Waals surface area contributed by atoms with Crippen molar-refractivity contribution in [2.24, 2.45) is 10.7 Å². The highest BCUT2D eigenvalue weighted by atomic mass is 127. The van der Waals surface area contributed by atoms with Crippen LogP contribution in [0.2, 0.25) is 0 Å². The topological polar surface area (TPSA) is 75.8 Å². The molecule has 0 spiro atoms. The Hall–Kier alpha value is -0.450. The van der Waals surface area contributed by atoms with Crippen molar-refractivity contribution in [2.45, 2.75) is 19.9 Å². The van der Waals surface area contributed by atoms with Gasteiger partial charge in [-0.2, -0.15) is 0 Å². The van der Waals surface area contributed by atoms with Gasteiger partial charge in [-0.1, -0.05) is 0 Å². The number of nitrogens with zero attached hydrogens (tertiary/aromatic N) is 3. The Morgan fingerprint density at radius 3 is 2.95 bits per heavy atom. The van der Waals surface area contributed by atoms with Crippen LogP contribution in [0.1, 0.15) is 16.3 Å². The Kier molecular flexibility index (Phi) is 9.13. The maximum absolute atomic E-state index is 5.84. The second-order valence-corrected chi connectivity index (χ2v) is 6.10. The fourth-order valence-electron chi connectivity index (χ4n) is 2.04. The molecule has 0 aliphatic carbocycles. The molecule has 1 aromatic heterocycles. The van der Waals surface area contributed by atoms with Crippen LogP contribution >= 0.6 is 35.3 Å². The highest BCUT2D eigenvalue weighted by molar-refractivity contribution is 14.0. The van der Waals surface area contributed by atoms with Crippen LogP contribution in [0, 0.1) is 6.92 Å². The molecule has 0 saturated carbocycles. The number of guanidine groups is 1. The predicted molar refractivity (Wildman–Crippen MR) is 97.5 cm³/mol. The van der Waals surface area contributed by atoms with Crippen LogP contribution in [0.25, 0.3) is 0 Å². The first-order valence-electron chi connectivity index (χ1n) is 6.99. The van der Waals surface area contributed by atoms with Gasteiger partial charge in [0.1, 0.15) is 0 Å². The molecule has 3 N–H and O–H groups in total. The molecule has 1 fully saturated rings. The van der Waals surface area contributed by atoms with E-state index < -0.39 is 0 Å². The quantitative estimate of drug-likeness (QED) is 0.310. The summed E-state index contributed by atoms with van der Waals surface area (Å²) in [6.07, 6.45) is 2.92. The number of thiazole rings is 1. The zero-order valence-corrected chi connectivity index (χ0v) is 15.5. The van der Waals surface area contributed by atoms with Crippen LogP contribution in [0.4, 0.5) is 0 Å². The maximum Gasteiger partial charge on any atom is 0.188 e. The Labute approximate surface area is 147 Å². The van der Waals surface area contributed by atoms with Gasteiger partial charge in [-0.3, -0.25) is 4.90 Å². The molecule has 0 bridgehead atoms. The van der Waals surface area contributed by atoms with Crippen LogP contribution in [0.3, 0.4) is 0 Å². The number of morpholine rings is 1. The molecule has 2 rings (SSSR count). The van der Waals surface area contributed by atoms with Crippen molar-refractivity contribution < 1.29 is 4.74 Å². The standard InChI is InChI=1S/C13H23N5OS.HI/c1-11-16-9-12(20-11)10-17-13(14)15-3-2-4-18-5-7-19-8-6-18;/h9H,2-8,10H2,1H3,(H3,14,15,17);1H. The molecule has 120 valence electrons. The van der Waals surface area contributed by atoms with Crippen molar-refractivity contribution in [3.8, 4) is 0 Å². The van der Waals surface area contributed by atoms with E-state index in [0.717, 1.165) is 55.7 Å². The highest BCUT2D eigenvalue weighted by Gasteiger charge is 2.08. The first-order chi connectivity index (χ1) is 9.74. The van der Waals surface area contributed by atoms with Gasteiger partial charge in [-0.15, -0.1) is 35.3 Å².